The Morgan fingerprint density at radius 1 is 1.57 bits per heavy atom. The molecule has 1 saturated heterocycles. The molecule has 21 heavy (non-hydrogen) atoms. The Hall–Kier alpha value is -1.16. The van der Waals surface area contributed by atoms with Crippen LogP contribution < -0.4 is 0 Å². The number of rotatable bonds is 4. The van der Waals surface area contributed by atoms with E-state index in [1.807, 2.05) is 0 Å². The van der Waals surface area contributed by atoms with Gasteiger partial charge in [-0.05, 0) is 6.92 Å². The van der Waals surface area contributed by atoms with Crippen molar-refractivity contribution in [3.63, 3.8) is 0 Å². The van der Waals surface area contributed by atoms with E-state index in [1.54, 1.807) is 14.0 Å². The van der Waals surface area contributed by atoms with Crippen molar-refractivity contribution >= 4 is 27.6 Å². The number of aromatic nitrogens is 2. The van der Waals surface area contributed by atoms with E-state index in [-0.39, 0.29) is 41.9 Å². The Kier molecular flexibility index (Phi) is 4.57. The highest BCUT2D eigenvalue weighted by Gasteiger charge is 2.38. The van der Waals surface area contributed by atoms with Gasteiger partial charge in [-0.15, -0.1) is 0 Å². The van der Waals surface area contributed by atoms with Crippen LogP contribution in [0, 0.1) is 6.92 Å². The molecule has 0 amide bonds. The molecule has 0 spiro atoms. The standard InChI is InChI=1S/C11H16ClN3O5S/c1-7-10(11(12)14(2)13-7)21(18,19)15-3-4-20-6-8(15)5-9(16)17/h8H,3-6H2,1-2H3,(H,16,17)/t8-/m0/s1. The summed E-state index contributed by atoms with van der Waals surface area (Å²) in [5.74, 6) is -1.08. The molecule has 1 fully saturated rings. The second-order valence-corrected chi connectivity index (χ2v) is 6.96. The Morgan fingerprint density at radius 2 is 2.24 bits per heavy atom. The van der Waals surface area contributed by atoms with Gasteiger partial charge in [0.15, 0.2) is 0 Å². The van der Waals surface area contributed by atoms with Gasteiger partial charge in [0.25, 0.3) is 0 Å². The number of aliphatic carboxylic acids is 1. The highest BCUT2D eigenvalue weighted by molar-refractivity contribution is 7.89. The second-order valence-electron chi connectivity index (χ2n) is 4.77. The topological polar surface area (TPSA) is 102 Å². The molecule has 1 atom stereocenters. The van der Waals surface area contributed by atoms with E-state index in [1.165, 1.54) is 4.68 Å². The van der Waals surface area contributed by atoms with Crippen molar-refractivity contribution in [1.29, 1.82) is 0 Å². The molecule has 0 radical (unpaired) electrons. The predicted octanol–water partition coefficient (Wildman–Crippen LogP) is 0.246. The summed E-state index contributed by atoms with van der Waals surface area (Å²) in [5, 5.41) is 12.9. The molecule has 1 N–H and O–H groups in total. The molecule has 2 heterocycles. The minimum absolute atomic E-state index is 0.00747. The smallest absolute Gasteiger partial charge is 0.305 e. The van der Waals surface area contributed by atoms with Crippen LogP contribution in [0.4, 0.5) is 0 Å². The van der Waals surface area contributed by atoms with Crippen molar-refractivity contribution < 1.29 is 23.1 Å². The fourth-order valence-corrected chi connectivity index (χ4v) is 4.64. The molecule has 1 aromatic heterocycles. The third kappa shape index (κ3) is 3.05. The SMILES string of the molecule is Cc1nn(C)c(Cl)c1S(=O)(=O)N1CCOC[C@@H]1CC(=O)O. The normalized spacial score (nSPS) is 20.6. The van der Waals surface area contributed by atoms with E-state index >= 15 is 0 Å². The van der Waals surface area contributed by atoms with Crippen LogP contribution in [-0.4, -0.2) is 59.4 Å². The van der Waals surface area contributed by atoms with E-state index < -0.39 is 22.0 Å². The summed E-state index contributed by atoms with van der Waals surface area (Å²) in [6, 6.07) is -0.753. The fourth-order valence-electron chi connectivity index (χ4n) is 2.34. The second kappa shape index (κ2) is 5.91. The highest BCUT2D eigenvalue weighted by Crippen LogP contribution is 2.29. The van der Waals surface area contributed by atoms with Crippen LogP contribution in [0.15, 0.2) is 4.90 Å². The first-order chi connectivity index (χ1) is 9.75. The van der Waals surface area contributed by atoms with Crippen LogP contribution in [-0.2, 0) is 26.6 Å². The van der Waals surface area contributed by atoms with Gasteiger partial charge in [-0.2, -0.15) is 9.40 Å². The summed E-state index contributed by atoms with van der Waals surface area (Å²) in [5.41, 5.74) is 0.281. The van der Waals surface area contributed by atoms with E-state index in [0.717, 1.165) is 4.31 Å². The molecule has 1 aromatic rings. The average Bonchev–Trinajstić information content (AvgIpc) is 2.63. The third-order valence-corrected chi connectivity index (χ3v) is 5.90. The van der Waals surface area contributed by atoms with Gasteiger partial charge in [-0.3, -0.25) is 9.48 Å². The number of sulfonamides is 1. The number of nitrogens with zero attached hydrogens (tertiary/aromatic N) is 3. The van der Waals surface area contributed by atoms with E-state index in [2.05, 4.69) is 5.10 Å². The van der Waals surface area contributed by atoms with Crippen molar-refractivity contribution in [3.05, 3.63) is 10.8 Å². The minimum Gasteiger partial charge on any atom is -0.481 e. The predicted molar refractivity (Wildman–Crippen MR) is 73.7 cm³/mol. The number of morpholine rings is 1. The molecule has 2 rings (SSSR count). The molecule has 0 aliphatic carbocycles. The van der Waals surface area contributed by atoms with Crippen LogP contribution >= 0.6 is 11.6 Å². The Bertz CT molecular complexity index is 657. The van der Waals surface area contributed by atoms with Gasteiger partial charge >= 0.3 is 5.97 Å². The van der Waals surface area contributed by atoms with Crippen molar-refractivity contribution in [2.24, 2.45) is 7.05 Å². The lowest BCUT2D eigenvalue weighted by atomic mass is 10.2. The maximum atomic E-state index is 12.8. The van der Waals surface area contributed by atoms with E-state index in [4.69, 9.17) is 21.4 Å². The van der Waals surface area contributed by atoms with Crippen molar-refractivity contribution in [2.45, 2.75) is 24.3 Å². The Morgan fingerprint density at radius 3 is 2.76 bits per heavy atom. The maximum Gasteiger partial charge on any atom is 0.305 e. The minimum atomic E-state index is -3.92. The van der Waals surface area contributed by atoms with Gasteiger partial charge in [0.1, 0.15) is 10.0 Å². The van der Waals surface area contributed by atoms with Gasteiger partial charge in [0, 0.05) is 13.6 Å². The van der Waals surface area contributed by atoms with Gasteiger partial charge in [0.2, 0.25) is 10.0 Å². The zero-order valence-corrected chi connectivity index (χ0v) is 13.2. The van der Waals surface area contributed by atoms with Crippen LogP contribution in [0.5, 0.6) is 0 Å². The first-order valence-electron chi connectivity index (χ1n) is 6.25. The molecule has 0 unspecified atom stereocenters. The zero-order chi connectivity index (χ0) is 15.8. The lowest BCUT2D eigenvalue weighted by molar-refractivity contribution is -0.139. The maximum absolute atomic E-state index is 12.8. The largest absolute Gasteiger partial charge is 0.481 e. The molecule has 1 aliphatic heterocycles. The number of carboxylic acid groups (broad SMARTS) is 1. The number of carboxylic acids is 1. The van der Waals surface area contributed by atoms with Crippen LogP contribution in [0.1, 0.15) is 12.1 Å². The Balaban J connectivity index is 2.43. The first-order valence-corrected chi connectivity index (χ1v) is 8.07. The van der Waals surface area contributed by atoms with Crippen molar-refractivity contribution in [2.75, 3.05) is 19.8 Å². The Labute approximate surface area is 127 Å². The molecule has 8 nitrogen and oxygen atoms in total. The quantitative estimate of drug-likeness (QED) is 0.844. The third-order valence-electron chi connectivity index (χ3n) is 3.25. The van der Waals surface area contributed by atoms with Crippen LogP contribution in [0.2, 0.25) is 5.15 Å². The number of aryl methyl sites for hydroxylation is 2. The fraction of sp³-hybridized carbons (Fsp3) is 0.636. The van der Waals surface area contributed by atoms with Crippen LogP contribution in [0.25, 0.3) is 0 Å². The molecular formula is C11H16ClN3O5S. The highest BCUT2D eigenvalue weighted by atomic mass is 35.5. The van der Waals surface area contributed by atoms with Crippen LogP contribution in [0.3, 0.4) is 0 Å². The number of hydrogen-bond donors (Lipinski definition) is 1. The van der Waals surface area contributed by atoms with Crippen molar-refractivity contribution in [1.82, 2.24) is 14.1 Å². The molecule has 10 heteroatoms. The van der Waals surface area contributed by atoms with Gasteiger partial charge < -0.3 is 9.84 Å². The van der Waals surface area contributed by atoms with Crippen molar-refractivity contribution in [3.8, 4) is 0 Å². The molecule has 0 saturated carbocycles. The molecule has 0 aromatic carbocycles. The monoisotopic (exact) mass is 337 g/mol. The number of hydrogen-bond acceptors (Lipinski definition) is 5. The average molecular weight is 338 g/mol. The van der Waals surface area contributed by atoms with E-state index in [9.17, 15) is 13.2 Å². The number of carbonyl (C=O) groups is 1. The molecular weight excluding hydrogens is 322 g/mol. The summed E-state index contributed by atoms with van der Waals surface area (Å²) >= 11 is 6.02. The summed E-state index contributed by atoms with van der Waals surface area (Å²) < 4.78 is 33.1. The number of ether oxygens (including phenoxy) is 1. The first kappa shape index (κ1) is 16.2. The summed E-state index contributed by atoms with van der Waals surface area (Å²) in [6.45, 7) is 1.89. The summed E-state index contributed by atoms with van der Waals surface area (Å²) in [6.07, 6.45) is -0.323. The molecule has 118 valence electrons. The summed E-state index contributed by atoms with van der Waals surface area (Å²) in [4.78, 5) is 10.8. The van der Waals surface area contributed by atoms with E-state index in [0.29, 0.717) is 0 Å². The van der Waals surface area contributed by atoms with Gasteiger partial charge in [-0.1, -0.05) is 11.6 Å². The number of halogens is 1. The van der Waals surface area contributed by atoms with Gasteiger partial charge in [0.05, 0.1) is 31.4 Å². The lowest BCUT2D eigenvalue weighted by Crippen LogP contribution is -2.49. The molecule has 0 bridgehead atoms. The lowest BCUT2D eigenvalue weighted by Gasteiger charge is -2.33. The van der Waals surface area contributed by atoms with Gasteiger partial charge in [-0.25, -0.2) is 8.42 Å². The summed E-state index contributed by atoms with van der Waals surface area (Å²) in [7, 11) is -2.38. The molecule has 1 aliphatic rings. The zero-order valence-electron chi connectivity index (χ0n) is 11.6.